The lowest BCUT2D eigenvalue weighted by molar-refractivity contribution is 0.0973. The lowest BCUT2D eigenvalue weighted by Crippen LogP contribution is -2.42. The van der Waals surface area contributed by atoms with E-state index in [9.17, 15) is 9.70 Å². The van der Waals surface area contributed by atoms with E-state index in [0.29, 0.717) is 36.1 Å². The van der Waals surface area contributed by atoms with E-state index in [1.807, 2.05) is 36.4 Å². The molecule has 0 spiro atoms. The zero-order valence-corrected chi connectivity index (χ0v) is 21.2. The molecular formula is C28H33N5O3. The Balaban J connectivity index is 1.41. The monoisotopic (exact) mass is 487 g/mol. The average Bonchev–Trinajstić information content (AvgIpc) is 3.23. The number of amides is 1. The van der Waals surface area contributed by atoms with Crippen LogP contribution in [0.25, 0.3) is 5.69 Å². The molecule has 188 valence electrons. The van der Waals surface area contributed by atoms with Gasteiger partial charge in [0.2, 0.25) is 0 Å². The summed E-state index contributed by atoms with van der Waals surface area (Å²) in [6, 6.07) is 16.3. The number of hydrogen-bond donors (Lipinski definition) is 1. The molecule has 8 nitrogen and oxygen atoms in total. The quantitative estimate of drug-likeness (QED) is 0.439. The van der Waals surface area contributed by atoms with Crippen molar-refractivity contribution in [3.8, 4) is 11.4 Å². The summed E-state index contributed by atoms with van der Waals surface area (Å²) in [5, 5.41) is 11.3. The number of benzene rings is 2. The molecule has 1 fully saturated rings. The van der Waals surface area contributed by atoms with E-state index < -0.39 is 0 Å². The minimum atomic E-state index is -0.129. The minimum absolute atomic E-state index is 0.00306. The predicted octanol–water partition coefficient (Wildman–Crippen LogP) is 4.77. The molecule has 1 aliphatic carbocycles. The van der Waals surface area contributed by atoms with E-state index in [0.717, 1.165) is 23.5 Å². The van der Waals surface area contributed by atoms with Gasteiger partial charge >= 0.3 is 0 Å². The Morgan fingerprint density at radius 1 is 1.08 bits per heavy atom. The van der Waals surface area contributed by atoms with Crippen LogP contribution in [0.1, 0.15) is 60.4 Å². The van der Waals surface area contributed by atoms with Crippen molar-refractivity contribution in [3.05, 3.63) is 76.0 Å². The van der Waals surface area contributed by atoms with E-state index in [1.165, 1.54) is 24.8 Å². The molecule has 8 heteroatoms. The first-order valence-electron chi connectivity index (χ1n) is 12.6. The van der Waals surface area contributed by atoms with Crippen LogP contribution >= 0.6 is 0 Å². The van der Waals surface area contributed by atoms with Crippen molar-refractivity contribution in [2.45, 2.75) is 57.5 Å². The number of ether oxygens (including phenoxy) is 1. The predicted molar refractivity (Wildman–Crippen MR) is 140 cm³/mol. The summed E-state index contributed by atoms with van der Waals surface area (Å²) in [4.78, 5) is 26.6. The van der Waals surface area contributed by atoms with Crippen molar-refractivity contribution in [1.29, 1.82) is 0 Å². The van der Waals surface area contributed by atoms with Gasteiger partial charge in [-0.25, -0.2) is 4.68 Å². The Morgan fingerprint density at radius 2 is 1.78 bits per heavy atom. The molecule has 3 aromatic rings. The number of nitroso groups, excluding NO2 is 1. The van der Waals surface area contributed by atoms with Crippen molar-refractivity contribution in [2.75, 3.05) is 25.1 Å². The molecule has 5 rings (SSSR count). The number of carbonyl (C=O) groups is 1. The Labute approximate surface area is 211 Å². The van der Waals surface area contributed by atoms with E-state index in [4.69, 9.17) is 4.74 Å². The first-order chi connectivity index (χ1) is 17.4. The fraction of sp³-hybridized carbons (Fsp3) is 0.429. The van der Waals surface area contributed by atoms with Crippen LogP contribution in [0.5, 0.6) is 5.75 Å². The van der Waals surface area contributed by atoms with Crippen LogP contribution in [0.4, 0.5) is 5.69 Å². The molecule has 0 bridgehead atoms. The minimum Gasteiger partial charge on any atom is -0.497 e. The second-order valence-electron chi connectivity index (χ2n) is 10.3. The highest BCUT2D eigenvalue weighted by Gasteiger charge is 2.33. The molecule has 0 radical (unpaired) electrons. The van der Waals surface area contributed by atoms with E-state index in [1.54, 1.807) is 16.7 Å². The molecule has 1 N–H and O–H groups in total. The highest BCUT2D eigenvalue weighted by atomic mass is 16.5. The zero-order chi connectivity index (χ0) is 25.3. The second kappa shape index (κ2) is 9.85. The molecule has 1 aliphatic heterocycles. The third-order valence-corrected chi connectivity index (χ3v) is 7.53. The number of hydrogen-bond acceptors (Lipinski definition) is 6. The smallest absolute Gasteiger partial charge is 0.277 e. The summed E-state index contributed by atoms with van der Waals surface area (Å²) in [6.45, 7) is 5.90. The summed E-state index contributed by atoms with van der Waals surface area (Å²) < 4.78 is 6.89. The number of anilines is 1. The number of nitrogens with zero attached hydrogens (tertiary/aromatic N) is 4. The van der Waals surface area contributed by atoms with Crippen LogP contribution in [-0.2, 0) is 18.4 Å². The molecule has 36 heavy (non-hydrogen) atoms. The van der Waals surface area contributed by atoms with Crippen LogP contribution in [0, 0.1) is 4.91 Å². The molecule has 1 aromatic heterocycles. The van der Waals surface area contributed by atoms with Gasteiger partial charge in [0, 0.05) is 35.8 Å². The van der Waals surface area contributed by atoms with Gasteiger partial charge in [-0.2, -0.15) is 10.0 Å². The topological polar surface area (TPSA) is 88.8 Å². The van der Waals surface area contributed by atoms with E-state index in [-0.39, 0.29) is 17.9 Å². The second-order valence-corrected chi connectivity index (χ2v) is 10.3. The molecule has 0 saturated heterocycles. The van der Waals surface area contributed by atoms with Crippen molar-refractivity contribution in [2.24, 2.45) is 5.18 Å². The highest BCUT2D eigenvalue weighted by Crippen LogP contribution is 2.32. The molecule has 0 atom stereocenters. The molecule has 1 amide bonds. The summed E-state index contributed by atoms with van der Waals surface area (Å²) in [5.41, 5.74) is 4.67. The first-order valence-corrected chi connectivity index (χ1v) is 12.6. The van der Waals surface area contributed by atoms with Gasteiger partial charge in [0.1, 0.15) is 18.0 Å². The number of carbonyl (C=O) groups excluding carboxylic acids is 1. The molecule has 2 aliphatic rings. The standard InChI is InChI=1S/C28H33N5O3/c1-28(2,18-29-20-5-4-6-20)19-7-9-21(10-8-19)32-16-15-24-25(17-30-35)31-33(26(24)27(32)34)22-11-13-23(36-3)14-12-22/h7-14,20,29H,4-6,15-18H2,1-3H3. The third-order valence-electron chi connectivity index (χ3n) is 7.53. The van der Waals surface area contributed by atoms with Gasteiger partial charge in [0.25, 0.3) is 5.91 Å². The number of nitrogens with one attached hydrogen (secondary N) is 1. The Morgan fingerprint density at radius 3 is 2.39 bits per heavy atom. The number of aromatic nitrogens is 2. The Bertz CT molecular complexity index is 1240. The molecule has 2 aromatic carbocycles. The summed E-state index contributed by atoms with van der Waals surface area (Å²) in [6.07, 6.45) is 4.47. The molecule has 0 unspecified atom stereocenters. The normalized spacial score (nSPS) is 16.0. The summed E-state index contributed by atoms with van der Waals surface area (Å²) in [7, 11) is 1.61. The van der Waals surface area contributed by atoms with Crippen molar-refractivity contribution < 1.29 is 9.53 Å². The molecular weight excluding hydrogens is 454 g/mol. The van der Waals surface area contributed by atoms with Crippen molar-refractivity contribution in [1.82, 2.24) is 15.1 Å². The van der Waals surface area contributed by atoms with Crippen molar-refractivity contribution in [3.63, 3.8) is 0 Å². The SMILES string of the molecule is COc1ccc(-n2nc(CN=O)c3c2C(=O)N(c2ccc(C(C)(C)CNC4CCC4)cc2)CC3)cc1. The van der Waals surface area contributed by atoms with Gasteiger partial charge in [-0.3, -0.25) is 4.79 Å². The van der Waals surface area contributed by atoms with E-state index in [2.05, 4.69) is 41.6 Å². The molecule has 2 heterocycles. The van der Waals surface area contributed by atoms with Gasteiger partial charge in [-0.15, -0.1) is 0 Å². The van der Waals surface area contributed by atoms with Gasteiger partial charge in [-0.1, -0.05) is 37.6 Å². The molecule has 1 saturated carbocycles. The average molecular weight is 488 g/mol. The number of rotatable bonds is 9. The van der Waals surface area contributed by atoms with Crippen LogP contribution < -0.4 is 15.0 Å². The van der Waals surface area contributed by atoms with Crippen LogP contribution in [0.3, 0.4) is 0 Å². The maximum absolute atomic E-state index is 13.8. The zero-order valence-electron chi connectivity index (χ0n) is 21.2. The van der Waals surface area contributed by atoms with Crippen molar-refractivity contribution >= 4 is 11.6 Å². The fourth-order valence-electron chi connectivity index (χ4n) is 4.98. The van der Waals surface area contributed by atoms with Gasteiger partial charge in [0.15, 0.2) is 0 Å². The first kappa shape index (κ1) is 24.2. The summed E-state index contributed by atoms with van der Waals surface area (Å²) in [5.74, 6) is 0.587. The maximum Gasteiger partial charge on any atom is 0.277 e. The van der Waals surface area contributed by atoms with Gasteiger partial charge in [-0.05, 0) is 61.2 Å². The van der Waals surface area contributed by atoms with Gasteiger partial charge in [0.05, 0.1) is 18.5 Å². The van der Waals surface area contributed by atoms with Crippen LogP contribution in [0.15, 0.2) is 53.7 Å². The largest absolute Gasteiger partial charge is 0.497 e. The number of methoxy groups -OCH3 is 1. The summed E-state index contributed by atoms with van der Waals surface area (Å²) >= 11 is 0. The Hall–Kier alpha value is -3.52. The third kappa shape index (κ3) is 4.53. The Kier molecular flexibility index (Phi) is 6.62. The van der Waals surface area contributed by atoms with Gasteiger partial charge < -0.3 is 15.0 Å². The van der Waals surface area contributed by atoms with Crippen LogP contribution in [0.2, 0.25) is 0 Å². The number of fused-ring (bicyclic) bond motifs is 1. The van der Waals surface area contributed by atoms with E-state index >= 15 is 0 Å². The lowest BCUT2D eigenvalue weighted by atomic mass is 9.83. The maximum atomic E-state index is 13.8. The highest BCUT2D eigenvalue weighted by molar-refractivity contribution is 6.07. The fourth-order valence-corrected chi connectivity index (χ4v) is 4.98. The lowest BCUT2D eigenvalue weighted by Gasteiger charge is -2.33. The van der Waals surface area contributed by atoms with Crippen LogP contribution in [-0.4, -0.2) is 41.9 Å².